The van der Waals surface area contributed by atoms with Gasteiger partial charge in [0.15, 0.2) is 0 Å². The Kier molecular flexibility index (Phi) is 6.65. The summed E-state index contributed by atoms with van der Waals surface area (Å²) < 4.78 is 14.8. The lowest BCUT2D eigenvalue weighted by Crippen LogP contribution is -2.28. The maximum atomic E-state index is 11.9. The van der Waals surface area contributed by atoms with Crippen LogP contribution in [0.5, 0.6) is 11.5 Å². The minimum Gasteiger partial charge on any atom is -0.497 e. The molecule has 25 heavy (non-hydrogen) atoms. The molecule has 7 nitrogen and oxygen atoms in total. The van der Waals surface area contributed by atoms with Gasteiger partial charge in [-0.3, -0.25) is 0 Å². The minimum atomic E-state index is -0.765. The van der Waals surface area contributed by atoms with Gasteiger partial charge in [-0.05, 0) is 48.9 Å². The smallest absolute Gasteiger partial charge is 0.497 e. The molecule has 0 aliphatic carbocycles. The third-order valence-electron chi connectivity index (χ3n) is 3.16. The van der Waals surface area contributed by atoms with Gasteiger partial charge in [0.2, 0.25) is 0 Å². The second-order valence-corrected chi connectivity index (χ2v) is 4.97. The van der Waals surface area contributed by atoms with Crippen molar-refractivity contribution in [1.82, 2.24) is 5.32 Å². The number of benzene rings is 2. The van der Waals surface area contributed by atoms with Crippen LogP contribution in [0.3, 0.4) is 0 Å². The topological polar surface area (TPSA) is 85.9 Å². The molecule has 0 aromatic heterocycles. The Bertz CT molecular complexity index is 716. The summed E-state index contributed by atoms with van der Waals surface area (Å²) in [4.78, 5) is 23.1. The van der Waals surface area contributed by atoms with Crippen LogP contribution in [0, 0.1) is 0 Å². The summed E-state index contributed by atoms with van der Waals surface area (Å²) in [6.07, 6.45) is -0.765. The summed E-state index contributed by atoms with van der Waals surface area (Å²) in [7, 11) is 1.59. The summed E-state index contributed by atoms with van der Waals surface area (Å²) in [6.45, 7) is 2.30. The highest BCUT2D eigenvalue weighted by atomic mass is 16.7. The Hall–Kier alpha value is -3.22. The lowest BCUT2D eigenvalue weighted by Gasteiger charge is -2.09. The van der Waals surface area contributed by atoms with Gasteiger partial charge in [-0.1, -0.05) is 12.1 Å². The lowest BCUT2D eigenvalue weighted by atomic mass is 10.2. The van der Waals surface area contributed by atoms with Gasteiger partial charge in [0.25, 0.3) is 0 Å². The summed E-state index contributed by atoms with van der Waals surface area (Å²) in [5.41, 5.74) is 1.49. The zero-order valence-electron chi connectivity index (χ0n) is 14.1. The first kappa shape index (κ1) is 18.1. The molecule has 0 saturated carbocycles. The van der Waals surface area contributed by atoms with E-state index in [4.69, 9.17) is 9.47 Å². The molecule has 2 aromatic rings. The van der Waals surface area contributed by atoms with Crippen LogP contribution in [0.15, 0.2) is 48.5 Å². The van der Waals surface area contributed by atoms with Crippen molar-refractivity contribution in [2.75, 3.05) is 19.0 Å². The largest absolute Gasteiger partial charge is 0.513 e. The third kappa shape index (κ3) is 6.06. The zero-order valence-corrected chi connectivity index (χ0v) is 14.1. The average molecular weight is 344 g/mol. The molecule has 0 unspecified atom stereocenters. The van der Waals surface area contributed by atoms with Gasteiger partial charge in [0, 0.05) is 12.2 Å². The maximum absolute atomic E-state index is 11.9. The maximum Gasteiger partial charge on any atom is 0.513 e. The zero-order chi connectivity index (χ0) is 18.1. The van der Waals surface area contributed by atoms with Crippen molar-refractivity contribution < 1.29 is 23.8 Å². The SMILES string of the molecule is CCOC(=O)Oc1ccc(NC(=O)NCc2cccc(OC)c2)cc1. The van der Waals surface area contributed by atoms with Gasteiger partial charge < -0.3 is 24.8 Å². The number of urea groups is 1. The predicted molar refractivity (Wildman–Crippen MR) is 92.9 cm³/mol. The monoisotopic (exact) mass is 344 g/mol. The van der Waals surface area contributed by atoms with Crippen molar-refractivity contribution in [2.45, 2.75) is 13.5 Å². The molecular formula is C18H20N2O5. The number of methoxy groups -OCH3 is 1. The van der Waals surface area contributed by atoms with Crippen molar-refractivity contribution >= 4 is 17.9 Å². The Morgan fingerprint density at radius 3 is 2.48 bits per heavy atom. The van der Waals surface area contributed by atoms with Crippen LogP contribution in [0.2, 0.25) is 0 Å². The van der Waals surface area contributed by atoms with Crippen molar-refractivity contribution in [3.05, 3.63) is 54.1 Å². The Balaban J connectivity index is 1.82. The molecule has 2 rings (SSSR count). The van der Waals surface area contributed by atoms with E-state index < -0.39 is 6.16 Å². The fourth-order valence-corrected chi connectivity index (χ4v) is 1.99. The van der Waals surface area contributed by atoms with Crippen LogP contribution < -0.4 is 20.1 Å². The number of carbonyl (C=O) groups excluding carboxylic acids is 2. The van der Waals surface area contributed by atoms with Gasteiger partial charge in [0.1, 0.15) is 11.5 Å². The summed E-state index contributed by atoms with van der Waals surface area (Å²) in [6, 6.07) is 13.5. The van der Waals surface area contributed by atoms with Crippen LogP contribution in [0.1, 0.15) is 12.5 Å². The minimum absolute atomic E-state index is 0.242. The van der Waals surface area contributed by atoms with Crippen molar-refractivity contribution in [3.63, 3.8) is 0 Å². The Morgan fingerprint density at radius 1 is 1.04 bits per heavy atom. The second-order valence-electron chi connectivity index (χ2n) is 4.97. The third-order valence-corrected chi connectivity index (χ3v) is 3.16. The van der Waals surface area contributed by atoms with Crippen molar-refractivity contribution in [1.29, 1.82) is 0 Å². The molecule has 132 valence electrons. The number of amides is 2. The van der Waals surface area contributed by atoms with Crippen LogP contribution in [-0.4, -0.2) is 25.9 Å². The Labute approximate surface area is 145 Å². The van der Waals surface area contributed by atoms with Crippen LogP contribution in [-0.2, 0) is 11.3 Å². The first-order valence-corrected chi connectivity index (χ1v) is 7.73. The van der Waals surface area contributed by atoms with E-state index in [0.717, 1.165) is 11.3 Å². The lowest BCUT2D eigenvalue weighted by molar-refractivity contribution is 0.104. The molecule has 0 aliphatic heterocycles. The molecule has 2 aromatic carbocycles. The summed E-state index contributed by atoms with van der Waals surface area (Å²) in [5, 5.41) is 5.44. The van der Waals surface area contributed by atoms with Crippen LogP contribution in [0.4, 0.5) is 15.3 Å². The van der Waals surface area contributed by atoms with Gasteiger partial charge in [-0.25, -0.2) is 9.59 Å². The van der Waals surface area contributed by atoms with E-state index in [1.807, 2.05) is 24.3 Å². The summed E-state index contributed by atoms with van der Waals surface area (Å²) in [5.74, 6) is 1.07. The van der Waals surface area contributed by atoms with Crippen LogP contribution in [0.25, 0.3) is 0 Å². The molecule has 0 heterocycles. The van der Waals surface area contributed by atoms with E-state index in [-0.39, 0.29) is 12.6 Å². The molecule has 7 heteroatoms. The second kappa shape index (κ2) is 9.17. The molecule has 0 aliphatic rings. The Morgan fingerprint density at radius 2 is 1.80 bits per heavy atom. The highest BCUT2D eigenvalue weighted by Gasteiger charge is 2.06. The number of ether oxygens (including phenoxy) is 3. The number of hydrogen-bond acceptors (Lipinski definition) is 5. The first-order valence-electron chi connectivity index (χ1n) is 7.73. The number of carbonyl (C=O) groups is 2. The van der Waals surface area contributed by atoms with E-state index in [1.54, 1.807) is 38.3 Å². The fraction of sp³-hybridized carbons (Fsp3) is 0.222. The van der Waals surface area contributed by atoms with E-state index >= 15 is 0 Å². The number of anilines is 1. The van der Waals surface area contributed by atoms with Gasteiger partial charge in [0.05, 0.1) is 13.7 Å². The molecule has 0 fully saturated rings. The van der Waals surface area contributed by atoms with E-state index in [2.05, 4.69) is 15.4 Å². The summed E-state index contributed by atoms with van der Waals surface area (Å²) >= 11 is 0. The average Bonchev–Trinajstić information content (AvgIpc) is 2.62. The molecule has 0 bridgehead atoms. The normalized spacial score (nSPS) is 9.84. The van der Waals surface area contributed by atoms with E-state index in [9.17, 15) is 9.59 Å². The van der Waals surface area contributed by atoms with Gasteiger partial charge >= 0.3 is 12.2 Å². The van der Waals surface area contributed by atoms with Gasteiger partial charge in [-0.15, -0.1) is 0 Å². The standard InChI is InChI=1S/C18H20N2O5/c1-3-24-18(22)25-15-9-7-14(8-10-15)20-17(21)19-12-13-5-4-6-16(11-13)23-2/h4-11H,3,12H2,1-2H3,(H2,19,20,21). The highest BCUT2D eigenvalue weighted by molar-refractivity contribution is 5.89. The van der Waals surface area contributed by atoms with E-state index in [1.165, 1.54) is 0 Å². The molecule has 0 spiro atoms. The highest BCUT2D eigenvalue weighted by Crippen LogP contribution is 2.16. The first-order chi connectivity index (χ1) is 12.1. The van der Waals surface area contributed by atoms with Crippen molar-refractivity contribution in [2.24, 2.45) is 0 Å². The van der Waals surface area contributed by atoms with Crippen molar-refractivity contribution in [3.8, 4) is 11.5 Å². The quantitative estimate of drug-likeness (QED) is 0.618. The van der Waals surface area contributed by atoms with Crippen LogP contribution >= 0.6 is 0 Å². The molecule has 2 amide bonds. The van der Waals surface area contributed by atoms with E-state index in [0.29, 0.717) is 18.0 Å². The molecule has 0 saturated heterocycles. The molecule has 0 radical (unpaired) electrons. The van der Waals surface area contributed by atoms with Gasteiger partial charge in [-0.2, -0.15) is 0 Å². The molecular weight excluding hydrogens is 324 g/mol. The molecule has 0 atom stereocenters. The predicted octanol–water partition coefficient (Wildman–Crippen LogP) is 3.55. The molecule has 2 N–H and O–H groups in total. The number of nitrogens with one attached hydrogen (secondary N) is 2. The number of rotatable bonds is 6. The fourth-order valence-electron chi connectivity index (χ4n) is 1.99. The number of hydrogen-bond donors (Lipinski definition) is 2.